The van der Waals surface area contributed by atoms with Crippen molar-refractivity contribution < 1.29 is 42.9 Å². The number of likely N-dealkylation sites (N-methyl/N-ethyl adjacent to an activating group) is 1. The Kier molecular flexibility index (Phi) is 75.5. The molecule has 2 atom stereocenters. The van der Waals surface area contributed by atoms with Gasteiger partial charge in [-0.25, -0.2) is 4.79 Å². The highest BCUT2D eigenvalue weighted by atomic mass is 16.7. The highest BCUT2D eigenvalue weighted by Crippen LogP contribution is 2.19. The average Bonchev–Trinajstić information content (AvgIpc) is 2.19. The van der Waals surface area contributed by atoms with E-state index >= 15 is 0 Å². The summed E-state index contributed by atoms with van der Waals surface area (Å²) in [4.78, 5) is 37.8. The van der Waals surface area contributed by atoms with Crippen LogP contribution in [-0.2, 0) is 33.3 Å². The Hall–Kier alpha value is -4.57. The zero-order valence-corrected chi connectivity index (χ0v) is 65.1. The number of ether oxygens (including phenoxy) is 4. The first-order valence-electron chi connectivity index (χ1n) is 41.3. The fraction of sp³-hybridized carbons (Fsp3) is 0.722. The number of esters is 2. The van der Waals surface area contributed by atoms with Crippen LogP contribution >= 0.6 is 0 Å². The van der Waals surface area contributed by atoms with Crippen LogP contribution in [0.15, 0.2) is 134 Å². The molecule has 0 rings (SSSR count). The van der Waals surface area contributed by atoms with Gasteiger partial charge in [-0.3, -0.25) is 9.59 Å². The van der Waals surface area contributed by atoms with Gasteiger partial charge in [-0.15, -0.1) is 0 Å². The largest absolute Gasteiger partial charge is 0.477 e. The number of rotatable bonds is 76. The zero-order valence-electron chi connectivity index (χ0n) is 65.1. The molecule has 0 heterocycles. The van der Waals surface area contributed by atoms with Gasteiger partial charge in [-0.05, 0) is 109 Å². The first kappa shape index (κ1) is 94.4. The minimum absolute atomic E-state index is 0.183. The van der Waals surface area contributed by atoms with Crippen LogP contribution in [0.3, 0.4) is 0 Å². The second kappa shape index (κ2) is 79.1. The van der Waals surface area contributed by atoms with E-state index < -0.39 is 24.3 Å². The summed E-state index contributed by atoms with van der Waals surface area (Å²) in [7, 11) is 5.99. The third kappa shape index (κ3) is 80.6. The molecule has 0 saturated heterocycles. The van der Waals surface area contributed by atoms with Gasteiger partial charge in [0.25, 0.3) is 6.29 Å². The molecular weight excluding hydrogens is 1220 g/mol. The number of allylic oxidation sites excluding steroid dienone is 22. The highest BCUT2D eigenvalue weighted by Gasteiger charge is 2.25. The standard InChI is InChI=1S/C90H155NO8/c1-6-8-10-12-14-16-18-20-22-24-26-28-30-32-34-36-38-40-42-44-46-48-50-52-54-56-58-60-62-64-66-68-70-72-74-76-78-80-87(92)97-84-86(85-98-90(89(94)95)96-83-82-91(3,4)5)99-88(93)81-79-77-75-73-71-69-67-65-63-61-59-57-55-53-51-49-47-45-43-41-39-37-35-33-31-29-27-25-23-21-19-17-15-13-11-9-7-2/h8-11,14-17,20-23,26-29,33,35,39,41,45,47,86,90H,6-7,12-13,18-19,24-25,30-32,34,36-38,40,42-44,46,48-85H2,1-5H3/p+1/b10-8-,11-9-,16-14-,17-15-,22-20-,23-21-,28-26-,29-27-,35-33-,41-39-,47-45-. The van der Waals surface area contributed by atoms with Crippen LogP contribution in [0.1, 0.15) is 361 Å². The lowest BCUT2D eigenvalue weighted by Crippen LogP contribution is -2.40. The van der Waals surface area contributed by atoms with Crippen LogP contribution in [0, 0.1) is 0 Å². The molecule has 0 spiro atoms. The molecule has 0 saturated carbocycles. The van der Waals surface area contributed by atoms with E-state index in [0.29, 0.717) is 17.4 Å². The van der Waals surface area contributed by atoms with Crippen LogP contribution in [0.25, 0.3) is 0 Å². The molecule has 0 amide bonds. The number of unbranched alkanes of at least 4 members (excludes halogenated alkanes) is 39. The maximum Gasteiger partial charge on any atom is 0.361 e. The summed E-state index contributed by atoms with van der Waals surface area (Å²) < 4.78 is 23.1. The van der Waals surface area contributed by atoms with Gasteiger partial charge >= 0.3 is 17.9 Å². The SMILES string of the molecule is CC/C=C\C/C=C\C/C=C\C/C=C\C/C=C\C/C=C\C/C=C\CCCCCCCCCCCCCCCCCC(=O)OC(COC(=O)CCCCCCCCCCCCCCCCCCCCCCCCCC/C=C\C/C=C\C/C=C\C/C=C\CC)COC(OCC[N+](C)(C)C)C(=O)O. The number of carboxylic acid groups (broad SMARTS) is 1. The maximum absolute atomic E-state index is 13.0. The molecule has 0 fully saturated rings. The van der Waals surface area contributed by atoms with Gasteiger partial charge in [0.2, 0.25) is 0 Å². The Morgan fingerprint density at radius 1 is 0.303 bits per heavy atom. The summed E-state index contributed by atoms with van der Waals surface area (Å²) >= 11 is 0. The van der Waals surface area contributed by atoms with E-state index in [1.165, 1.54) is 225 Å². The van der Waals surface area contributed by atoms with E-state index in [4.69, 9.17) is 18.9 Å². The highest BCUT2D eigenvalue weighted by molar-refractivity contribution is 5.71. The van der Waals surface area contributed by atoms with Crippen LogP contribution in [0.5, 0.6) is 0 Å². The number of nitrogens with zero attached hydrogens (tertiary/aromatic N) is 1. The quantitative estimate of drug-likeness (QED) is 0.0211. The molecule has 99 heavy (non-hydrogen) atoms. The monoisotopic (exact) mass is 1380 g/mol. The number of quaternary nitrogens is 1. The predicted octanol–water partition coefficient (Wildman–Crippen LogP) is 26.8. The number of aliphatic carboxylic acids is 1. The molecule has 9 nitrogen and oxygen atoms in total. The molecule has 0 aliphatic carbocycles. The van der Waals surface area contributed by atoms with E-state index in [9.17, 15) is 19.5 Å². The van der Waals surface area contributed by atoms with Crippen molar-refractivity contribution in [2.75, 3.05) is 47.5 Å². The Bertz CT molecular complexity index is 2100. The van der Waals surface area contributed by atoms with E-state index in [1.54, 1.807) is 0 Å². The minimum Gasteiger partial charge on any atom is -0.477 e. The lowest BCUT2D eigenvalue weighted by atomic mass is 10.0. The predicted molar refractivity (Wildman–Crippen MR) is 428 cm³/mol. The number of carboxylic acids is 1. The molecular formula is C90H156NO8+. The molecule has 9 heteroatoms. The van der Waals surface area contributed by atoms with Gasteiger partial charge in [0, 0.05) is 12.8 Å². The zero-order chi connectivity index (χ0) is 71.8. The van der Waals surface area contributed by atoms with E-state index in [-0.39, 0.29) is 32.2 Å². The molecule has 0 radical (unpaired) electrons. The minimum atomic E-state index is -1.52. The third-order valence-electron chi connectivity index (χ3n) is 17.9. The third-order valence-corrected chi connectivity index (χ3v) is 17.9. The average molecular weight is 1380 g/mol. The molecule has 568 valence electrons. The van der Waals surface area contributed by atoms with Crippen molar-refractivity contribution in [2.24, 2.45) is 0 Å². The van der Waals surface area contributed by atoms with Crippen LogP contribution in [-0.4, -0.2) is 87.4 Å². The first-order chi connectivity index (χ1) is 48.6. The van der Waals surface area contributed by atoms with Gasteiger partial charge in [0.15, 0.2) is 6.10 Å². The summed E-state index contributed by atoms with van der Waals surface area (Å²) in [5.74, 6) is -1.99. The van der Waals surface area contributed by atoms with E-state index in [2.05, 4.69) is 148 Å². The Morgan fingerprint density at radius 3 is 0.808 bits per heavy atom. The van der Waals surface area contributed by atoms with Gasteiger partial charge in [-0.1, -0.05) is 372 Å². The molecule has 0 aliphatic rings. The lowest BCUT2D eigenvalue weighted by Gasteiger charge is -2.25. The summed E-state index contributed by atoms with van der Waals surface area (Å²) in [6.45, 7) is 4.69. The molecule has 0 aromatic heterocycles. The molecule has 0 aromatic rings. The van der Waals surface area contributed by atoms with Gasteiger partial charge in [0.05, 0.1) is 34.4 Å². The van der Waals surface area contributed by atoms with E-state index in [1.807, 2.05) is 21.1 Å². The second-order valence-electron chi connectivity index (χ2n) is 28.7. The smallest absolute Gasteiger partial charge is 0.361 e. The molecule has 0 bridgehead atoms. The fourth-order valence-corrected chi connectivity index (χ4v) is 11.7. The van der Waals surface area contributed by atoms with Gasteiger partial charge in [-0.2, -0.15) is 0 Å². The van der Waals surface area contributed by atoms with Crippen LogP contribution in [0.4, 0.5) is 0 Å². The Labute approximate surface area is 611 Å². The van der Waals surface area contributed by atoms with Crippen molar-refractivity contribution in [3.05, 3.63) is 134 Å². The molecule has 0 aliphatic heterocycles. The number of hydrogen-bond acceptors (Lipinski definition) is 7. The van der Waals surface area contributed by atoms with Crippen molar-refractivity contribution in [3.8, 4) is 0 Å². The van der Waals surface area contributed by atoms with Crippen molar-refractivity contribution in [1.29, 1.82) is 0 Å². The maximum atomic E-state index is 13.0. The molecule has 2 unspecified atom stereocenters. The Balaban J connectivity index is 4.00. The first-order valence-corrected chi connectivity index (χ1v) is 41.3. The van der Waals surface area contributed by atoms with Crippen LogP contribution in [0.2, 0.25) is 0 Å². The number of hydrogen-bond donors (Lipinski definition) is 1. The van der Waals surface area contributed by atoms with Crippen molar-refractivity contribution in [2.45, 2.75) is 373 Å². The van der Waals surface area contributed by atoms with Gasteiger partial charge < -0.3 is 28.5 Å². The fourth-order valence-electron chi connectivity index (χ4n) is 11.7. The van der Waals surface area contributed by atoms with E-state index in [0.717, 1.165) is 109 Å². The lowest BCUT2D eigenvalue weighted by molar-refractivity contribution is -0.870. The van der Waals surface area contributed by atoms with Crippen molar-refractivity contribution in [1.82, 2.24) is 0 Å². The van der Waals surface area contributed by atoms with Crippen LogP contribution < -0.4 is 0 Å². The van der Waals surface area contributed by atoms with Crippen molar-refractivity contribution >= 4 is 17.9 Å². The topological polar surface area (TPSA) is 108 Å². The molecule has 0 aromatic carbocycles. The number of carbonyl (C=O) groups is 3. The summed E-state index contributed by atoms with van der Waals surface area (Å²) in [6.07, 6.45) is 112. The summed E-state index contributed by atoms with van der Waals surface area (Å²) in [6, 6.07) is 0. The Morgan fingerprint density at radius 2 is 0.545 bits per heavy atom. The normalized spacial score (nSPS) is 13.3. The summed E-state index contributed by atoms with van der Waals surface area (Å²) in [5.41, 5.74) is 0. The molecule has 1 N–H and O–H groups in total. The number of carbonyl (C=O) groups excluding carboxylic acids is 2. The van der Waals surface area contributed by atoms with Crippen molar-refractivity contribution in [3.63, 3.8) is 0 Å². The summed E-state index contributed by atoms with van der Waals surface area (Å²) in [5, 5.41) is 9.78. The second-order valence-corrected chi connectivity index (χ2v) is 28.7. The van der Waals surface area contributed by atoms with Gasteiger partial charge in [0.1, 0.15) is 13.2 Å².